The third kappa shape index (κ3) is 4.46. The summed E-state index contributed by atoms with van der Waals surface area (Å²) in [4.78, 5) is 16.7. The van der Waals surface area contributed by atoms with E-state index in [-0.39, 0.29) is 17.5 Å². The Labute approximate surface area is 172 Å². The fraction of sp³-hybridized carbons (Fsp3) is 0.136. The third-order valence-corrected chi connectivity index (χ3v) is 5.47. The summed E-state index contributed by atoms with van der Waals surface area (Å²) in [5.74, 6) is -0.147. The predicted octanol–water partition coefficient (Wildman–Crippen LogP) is 4.83. The first-order valence-electron chi connectivity index (χ1n) is 9.24. The number of nitrogens with zero attached hydrogens (tertiary/aromatic N) is 3. The van der Waals surface area contributed by atoms with Gasteiger partial charge in [0, 0.05) is 23.6 Å². The summed E-state index contributed by atoms with van der Waals surface area (Å²) in [5, 5.41) is 8.14. The number of amides is 1. The Morgan fingerprint density at radius 1 is 1.14 bits per heavy atom. The second kappa shape index (κ2) is 8.45. The molecule has 0 aliphatic heterocycles. The average molecular weight is 406 g/mol. The largest absolute Gasteiger partial charge is 0.325 e. The molecule has 0 atom stereocenters. The molecule has 0 spiro atoms. The van der Waals surface area contributed by atoms with Gasteiger partial charge in [0.05, 0.1) is 17.0 Å². The highest BCUT2D eigenvalue weighted by Crippen LogP contribution is 2.26. The van der Waals surface area contributed by atoms with Gasteiger partial charge >= 0.3 is 0 Å². The van der Waals surface area contributed by atoms with Gasteiger partial charge in [-0.2, -0.15) is 5.10 Å². The molecule has 2 aromatic carbocycles. The fourth-order valence-corrected chi connectivity index (χ4v) is 3.70. The van der Waals surface area contributed by atoms with Gasteiger partial charge in [-0.3, -0.25) is 4.79 Å². The maximum atomic E-state index is 13.2. The van der Waals surface area contributed by atoms with E-state index >= 15 is 0 Å². The number of nitrogens with one attached hydrogen (secondary N) is 1. The first-order valence-corrected chi connectivity index (χ1v) is 10.2. The highest BCUT2D eigenvalue weighted by Gasteiger charge is 2.12. The van der Waals surface area contributed by atoms with E-state index in [0.717, 1.165) is 28.9 Å². The maximum Gasteiger partial charge on any atom is 0.234 e. The standard InChI is InChI=1S/C22H19FN4OS/c1-2-15-3-9-18(10-4-15)25-21(28)14-29-22-20-13-19(26-27(20)12-11-24-22)16-5-7-17(23)8-6-16/h3-13H,2,14H2,1H3,(H,25,28). The number of halogens is 1. The van der Waals surface area contributed by atoms with Crippen molar-refractivity contribution in [1.82, 2.24) is 14.6 Å². The van der Waals surface area contributed by atoms with Crippen LogP contribution in [0.1, 0.15) is 12.5 Å². The molecule has 0 radical (unpaired) electrons. The zero-order chi connectivity index (χ0) is 20.2. The Bertz CT molecular complexity index is 1140. The van der Waals surface area contributed by atoms with Crippen molar-refractivity contribution in [3.05, 3.63) is 78.4 Å². The Hall–Kier alpha value is -3.19. The van der Waals surface area contributed by atoms with Crippen molar-refractivity contribution in [3.8, 4) is 11.3 Å². The molecule has 2 aromatic heterocycles. The molecular weight excluding hydrogens is 387 g/mol. The number of benzene rings is 2. The first kappa shape index (κ1) is 19.1. The minimum atomic E-state index is -0.286. The van der Waals surface area contributed by atoms with Gasteiger partial charge in [0.25, 0.3) is 0 Å². The molecule has 0 aliphatic carbocycles. The molecule has 0 saturated carbocycles. The number of carbonyl (C=O) groups is 1. The molecule has 1 N–H and O–H groups in total. The van der Waals surface area contributed by atoms with Crippen LogP contribution in [0.4, 0.5) is 10.1 Å². The number of carbonyl (C=O) groups excluding carboxylic acids is 1. The van der Waals surface area contributed by atoms with Gasteiger partial charge in [0.15, 0.2) is 0 Å². The van der Waals surface area contributed by atoms with E-state index in [1.165, 1.54) is 29.5 Å². The molecule has 0 bridgehead atoms. The lowest BCUT2D eigenvalue weighted by molar-refractivity contribution is -0.113. The number of fused-ring (bicyclic) bond motifs is 1. The lowest BCUT2D eigenvalue weighted by atomic mass is 10.1. The van der Waals surface area contributed by atoms with Crippen LogP contribution in [0, 0.1) is 5.82 Å². The average Bonchev–Trinajstić information content (AvgIpc) is 3.18. The number of hydrogen-bond acceptors (Lipinski definition) is 4. The quantitative estimate of drug-likeness (QED) is 0.466. The van der Waals surface area contributed by atoms with Crippen LogP contribution in [-0.2, 0) is 11.2 Å². The molecule has 1 amide bonds. The number of rotatable bonds is 6. The zero-order valence-electron chi connectivity index (χ0n) is 15.8. The zero-order valence-corrected chi connectivity index (χ0v) is 16.6. The summed E-state index contributed by atoms with van der Waals surface area (Å²) in [7, 11) is 0. The van der Waals surface area contributed by atoms with Crippen molar-refractivity contribution < 1.29 is 9.18 Å². The predicted molar refractivity (Wildman–Crippen MR) is 114 cm³/mol. The second-order valence-electron chi connectivity index (χ2n) is 6.49. The van der Waals surface area contributed by atoms with E-state index in [1.54, 1.807) is 29.0 Å². The van der Waals surface area contributed by atoms with Gasteiger partial charge in [0.2, 0.25) is 5.91 Å². The number of anilines is 1. The maximum absolute atomic E-state index is 13.2. The fourth-order valence-electron chi connectivity index (χ4n) is 2.93. The summed E-state index contributed by atoms with van der Waals surface area (Å²) in [6, 6.07) is 15.9. The normalized spacial score (nSPS) is 11.0. The molecule has 0 aliphatic rings. The summed E-state index contributed by atoms with van der Waals surface area (Å²) in [6.07, 6.45) is 4.37. The van der Waals surface area contributed by atoms with Gasteiger partial charge in [-0.05, 0) is 54.4 Å². The van der Waals surface area contributed by atoms with E-state index in [0.29, 0.717) is 5.03 Å². The van der Waals surface area contributed by atoms with Crippen LogP contribution in [0.3, 0.4) is 0 Å². The minimum absolute atomic E-state index is 0.0960. The molecule has 5 nitrogen and oxygen atoms in total. The lowest BCUT2D eigenvalue weighted by Gasteiger charge is -2.06. The molecule has 7 heteroatoms. The monoisotopic (exact) mass is 406 g/mol. The first-order chi connectivity index (χ1) is 14.1. The van der Waals surface area contributed by atoms with Crippen LogP contribution in [0.5, 0.6) is 0 Å². The molecule has 2 heterocycles. The van der Waals surface area contributed by atoms with Gasteiger partial charge in [-0.25, -0.2) is 13.9 Å². The molecule has 0 fully saturated rings. The smallest absolute Gasteiger partial charge is 0.234 e. The van der Waals surface area contributed by atoms with Gasteiger partial charge in [0.1, 0.15) is 10.8 Å². The summed E-state index contributed by atoms with van der Waals surface area (Å²) < 4.78 is 14.9. The minimum Gasteiger partial charge on any atom is -0.325 e. The Balaban J connectivity index is 1.47. The van der Waals surface area contributed by atoms with Gasteiger partial charge in [-0.15, -0.1) is 0 Å². The third-order valence-electron chi connectivity index (χ3n) is 4.48. The molecule has 146 valence electrons. The second-order valence-corrected chi connectivity index (χ2v) is 7.45. The summed E-state index contributed by atoms with van der Waals surface area (Å²) >= 11 is 1.35. The van der Waals surface area contributed by atoms with E-state index in [2.05, 4.69) is 22.3 Å². The van der Waals surface area contributed by atoms with Crippen molar-refractivity contribution in [2.45, 2.75) is 18.4 Å². The SMILES string of the molecule is CCc1ccc(NC(=O)CSc2nccn3nc(-c4ccc(F)cc4)cc23)cc1. The number of aromatic nitrogens is 3. The number of aryl methyl sites for hydroxylation is 1. The van der Waals surface area contributed by atoms with Crippen LogP contribution in [0.15, 0.2) is 72.0 Å². The van der Waals surface area contributed by atoms with Gasteiger partial charge < -0.3 is 5.32 Å². The van der Waals surface area contributed by atoms with Crippen molar-refractivity contribution in [2.75, 3.05) is 11.1 Å². The summed E-state index contributed by atoms with van der Waals surface area (Å²) in [5.41, 5.74) is 4.35. The van der Waals surface area contributed by atoms with E-state index < -0.39 is 0 Å². The van der Waals surface area contributed by atoms with Crippen LogP contribution < -0.4 is 5.32 Å². The number of hydrogen-bond donors (Lipinski definition) is 1. The highest BCUT2D eigenvalue weighted by molar-refractivity contribution is 8.00. The molecule has 4 rings (SSSR count). The van der Waals surface area contributed by atoms with Gasteiger partial charge in [-0.1, -0.05) is 30.8 Å². The summed E-state index contributed by atoms with van der Waals surface area (Å²) in [6.45, 7) is 2.09. The Morgan fingerprint density at radius 3 is 2.62 bits per heavy atom. The van der Waals surface area contributed by atoms with Crippen molar-refractivity contribution in [3.63, 3.8) is 0 Å². The molecule has 4 aromatic rings. The molecule has 0 saturated heterocycles. The van der Waals surface area contributed by atoms with Crippen LogP contribution in [-0.4, -0.2) is 26.3 Å². The Kier molecular flexibility index (Phi) is 5.57. The lowest BCUT2D eigenvalue weighted by Crippen LogP contribution is -2.14. The van der Waals surface area contributed by atoms with Crippen LogP contribution >= 0.6 is 11.8 Å². The van der Waals surface area contributed by atoms with Crippen molar-refractivity contribution in [1.29, 1.82) is 0 Å². The van der Waals surface area contributed by atoms with E-state index in [9.17, 15) is 9.18 Å². The highest BCUT2D eigenvalue weighted by atomic mass is 32.2. The number of thioether (sulfide) groups is 1. The van der Waals surface area contributed by atoms with E-state index in [4.69, 9.17) is 0 Å². The van der Waals surface area contributed by atoms with Crippen molar-refractivity contribution >= 4 is 28.9 Å². The van der Waals surface area contributed by atoms with Crippen LogP contribution in [0.2, 0.25) is 0 Å². The van der Waals surface area contributed by atoms with Crippen molar-refractivity contribution in [2.24, 2.45) is 0 Å². The topological polar surface area (TPSA) is 59.3 Å². The molecule has 29 heavy (non-hydrogen) atoms. The molecule has 0 unspecified atom stereocenters. The Morgan fingerprint density at radius 2 is 1.90 bits per heavy atom. The van der Waals surface area contributed by atoms with E-state index in [1.807, 2.05) is 30.3 Å². The van der Waals surface area contributed by atoms with Crippen LogP contribution in [0.25, 0.3) is 16.8 Å². The molecular formula is C22H19FN4OS.